The van der Waals surface area contributed by atoms with E-state index in [0.717, 1.165) is 63.5 Å². The van der Waals surface area contributed by atoms with Gasteiger partial charge in [-0.1, -0.05) is 37.7 Å². The Kier molecular flexibility index (Phi) is 9.16. The average molecular weight is 583 g/mol. The van der Waals surface area contributed by atoms with Crippen LogP contribution in [-0.2, 0) is 0 Å². The zero-order valence-electron chi connectivity index (χ0n) is 23.8. The third-order valence-electron chi connectivity index (χ3n) is 7.84. The van der Waals surface area contributed by atoms with Crippen LogP contribution in [0.4, 0.5) is 34.5 Å². The van der Waals surface area contributed by atoms with Gasteiger partial charge in [-0.2, -0.15) is 4.98 Å². The second-order valence-corrected chi connectivity index (χ2v) is 13.4. The van der Waals surface area contributed by atoms with E-state index < -0.39 is 0 Å². The lowest BCUT2D eigenvalue weighted by Gasteiger charge is -2.42. The molecule has 2 aromatic carbocycles. The molecule has 11 heteroatoms. The van der Waals surface area contributed by atoms with E-state index in [1.165, 1.54) is 5.30 Å². The Hall–Kier alpha value is -2.84. The van der Waals surface area contributed by atoms with Crippen LogP contribution in [-0.4, -0.2) is 92.6 Å². The van der Waals surface area contributed by atoms with E-state index in [1.807, 2.05) is 30.3 Å². The van der Waals surface area contributed by atoms with Crippen LogP contribution in [0.15, 0.2) is 42.6 Å². The Bertz CT molecular complexity index is 1310. The van der Waals surface area contributed by atoms with Crippen LogP contribution in [0.5, 0.6) is 5.75 Å². The Morgan fingerprint density at radius 1 is 1.00 bits per heavy atom. The molecule has 0 unspecified atom stereocenters. The third kappa shape index (κ3) is 6.55. The smallest absolute Gasteiger partial charge is 0.229 e. The Morgan fingerprint density at radius 2 is 1.73 bits per heavy atom. The minimum Gasteiger partial charge on any atom is -0.494 e. The topological polar surface area (TPSA) is 94.8 Å². The summed E-state index contributed by atoms with van der Waals surface area (Å²) in [5.74, 6) is 1.62. The van der Waals surface area contributed by atoms with Gasteiger partial charge in [-0.3, -0.25) is 4.90 Å². The van der Waals surface area contributed by atoms with Crippen LogP contribution in [0.3, 0.4) is 0 Å². The predicted octanol–water partition coefficient (Wildman–Crippen LogP) is 4.79. The highest BCUT2D eigenvalue weighted by Crippen LogP contribution is 2.38. The van der Waals surface area contributed by atoms with Crippen molar-refractivity contribution in [1.29, 1.82) is 0 Å². The molecule has 2 aliphatic rings. The van der Waals surface area contributed by atoms with Crippen LogP contribution in [0.2, 0.25) is 5.02 Å². The number of nitrogen functional groups attached to an aromatic ring is 1. The van der Waals surface area contributed by atoms with Crippen molar-refractivity contribution in [2.45, 2.75) is 18.9 Å². The Morgan fingerprint density at radius 3 is 2.42 bits per heavy atom. The number of ether oxygens (including phenoxy) is 1. The number of likely N-dealkylation sites (N-methyl/N-ethyl adjacent to an activating group) is 1. The predicted molar refractivity (Wildman–Crippen MR) is 170 cm³/mol. The zero-order valence-corrected chi connectivity index (χ0v) is 25.5. The number of piperazine rings is 1. The number of rotatable bonds is 8. The molecule has 9 nitrogen and oxygen atoms in total. The van der Waals surface area contributed by atoms with Crippen molar-refractivity contribution < 1.29 is 4.74 Å². The molecule has 0 radical (unpaired) electrons. The molecule has 0 aliphatic carbocycles. The van der Waals surface area contributed by atoms with Crippen LogP contribution < -0.4 is 31.3 Å². The first-order valence-electron chi connectivity index (χ1n) is 13.8. The number of hydrogen-bond donors (Lipinski definition) is 3. The SMILES string of the molecule is COc1cc(N2CCC(N3CCN(C)CC3)CC2)c(N)cc1Nc1ncc(Cl)c(Nc2ccccc2P(C)C)n1. The van der Waals surface area contributed by atoms with Gasteiger partial charge in [0.05, 0.1) is 30.4 Å². The number of anilines is 6. The number of nitrogens with two attached hydrogens (primary N) is 1. The van der Waals surface area contributed by atoms with Crippen molar-refractivity contribution in [1.82, 2.24) is 19.8 Å². The van der Waals surface area contributed by atoms with E-state index in [1.54, 1.807) is 13.3 Å². The maximum Gasteiger partial charge on any atom is 0.229 e. The number of methoxy groups -OCH3 is 1. The summed E-state index contributed by atoms with van der Waals surface area (Å²) in [6, 6.07) is 12.8. The maximum atomic E-state index is 6.60. The number of benzene rings is 2. The molecule has 3 heterocycles. The molecule has 40 heavy (non-hydrogen) atoms. The molecular formula is C29H40ClN8OP. The maximum absolute atomic E-state index is 6.60. The molecule has 0 saturated carbocycles. The molecule has 0 bridgehead atoms. The number of nitrogens with zero attached hydrogens (tertiary/aromatic N) is 5. The first kappa shape index (κ1) is 28.7. The lowest BCUT2D eigenvalue weighted by atomic mass is 10.0. The van der Waals surface area contributed by atoms with Gasteiger partial charge in [0.25, 0.3) is 0 Å². The molecule has 3 aromatic rings. The highest BCUT2D eigenvalue weighted by molar-refractivity contribution is 7.64. The fraction of sp³-hybridized carbons (Fsp3) is 0.448. The summed E-state index contributed by atoms with van der Waals surface area (Å²) >= 11 is 6.47. The normalized spacial score (nSPS) is 17.3. The van der Waals surface area contributed by atoms with E-state index >= 15 is 0 Å². The molecule has 5 rings (SSSR count). The van der Waals surface area contributed by atoms with Crippen LogP contribution >= 0.6 is 19.5 Å². The first-order chi connectivity index (χ1) is 19.3. The van der Waals surface area contributed by atoms with Gasteiger partial charge >= 0.3 is 0 Å². The Labute approximate surface area is 243 Å². The van der Waals surface area contributed by atoms with Crippen LogP contribution in [0, 0.1) is 0 Å². The van der Waals surface area contributed by atoms with E-state index in [0.29, 0.717) is 40.0 Å². The standard InChI is InChI=1S/C29H40ClN8OP/c1-36-13-15-37(16-14-36)20-9-11-38(12-10-20)25-18-26(39-2)24(17-22(25)31)34-29-32-19-21(30)28(35-29)33-23-7-5-6-8-27(23)40(3)4/h5-8,17-20H,9-16,31H2,1-4H3,(H2,32,33,34,35). The Balaban J connectivity index is 1.29. The number of para-hydroxylation sites is 1. The van der Waals surface area contributed by atoms with Gasteiger partial charge in [0.2, 0.25) is 5.95 Å². The molecule has 2 saturated heterocycles. The molecular weight excluding hydrogens is 543 g/mol. The number of aromatic nitrogens is 2. The van der Waals surface area contributed by atoms with Crippen molar-refractivity contribution in [2.24, 2.45) is 0 Å². The van der Waals surface area contributed by atoms with E-state index in [-0.39, 0.29) is 7.92 Å². The summed E-state index contributed by atoms with van der Waals surface area (Å²) < 4.78 is 5.77. The molecule has 0 amide bonds. The second kappa shape index (κ2) is 12.8. The fourth-order valence-corrected chi connectivity index (χ4v) is 6.65. The molecule has 2 aliphatic heterocycles. The summed E-state index contributed by atoms with van der Waals surface area (Å²) in [6.07, 6.45) is 3.87. The zero-order chi connectivity index (χ0) is 28.2. The highest BCUT2D eigenvalue weighted by Gasteiger charge is 2.28. The summed E-state index contributed by atoms with van der Waals surface area (Å²) in [6.45, 7) is 11.0. The van der Waals surface area contributed by atoms with Gasteiger partial charge in [0.15, 0.2) is 5.82 Å². The van der Waals surface area contributed by atoms with Gasteiger partial charge in [-0.15, -0.1) is 0 Å². The van der Waals surface area contributed by atoms with Gasteiger partial charge in [-0.05, 0) is 50.7 Å². The lowest BCUT2D eigenvalue weighted by Crippen LogP contribution is -2.52. The quantitative estimate of drug-likeness (QED) is 0.256. The number of piperidine rings is 1. The van der Waals surface area contributed by atoms with Gasteiger partial charge in [0.1, 0.15) is 10.8 Å². The van der Waals surface area contributed by atoms with E-state index in [2.05, 4.69) is 61.7 Å². The number of halogens is 1. The summed E-state index contributed by atoms with van der Waals surface area (Å²) in [4.78, 5) is 16.5. The second-order valence-electron chi connectivity index (χ2n) is 10.7. The molecule has 4 N–H and O–H groups in total. The summed E-state index contributed by atoms with van der Waals surface area (Å²) in [5.41, 5.74) is 10.00. The number of hydrogen-bond acceptors (Lipinski definition) is 9. The third-order valence-corrected chi connectivity index (χ3v) is 9.47. The van der Waals surface area contributed by atoms with Gasteiger partial charge in [0, 0.05) is 57.1 Å². The van der Waals surface area contributed by atoms with Crippen LogP contribution in [0.1, 0.15) is 12.8 Å². The van der Waals surface area contributed by atoms with Crippen molar-refractivity contribution >= 4 is 59.3 Å². The minimum absolute atomic E-state index is 0.300. The monoisotopic (exact) mass is 582 g/mol. The molecule has 0 atom stereocenters. The molecule has 1 aromatic heterocycles. The lowest BCUT2D eigenvalue weighted by molar-refractivity contribution is 0.0982. The largest absolute Gasteiger partial charge is 0.494 e. The van der Waals surface area contributed by atoms with Crippen molar-refractivity contribution in [3.63, 3.8) is 0 Å². The van der Waals surface area contributed by atoms with Crippen molar-refractivity contribution in [3.05, 3.63) is 47.6 Å². The number of nitrogens with one attached hydrogen (secondary N) is 2. The van der Waals surface area contributed by atoms with E-state index in [4.69, 9.17) is 22.1 Å². The molecule has 2 fully saturated rings. The average Bonchev–Trinajstić information content (AvgIpc) is 2.96. The van der Waals surface area contributed by atoms with Crippen LogP contribution in [0.25, 0.3) is 0 Å². The van der Waals surface area contributed by atoms with Gasteiger partial charge < -0.3 is 30.9 Å². The molecule has 0 spiro atoms. The first-order valence-corrected chi connectivity index (χ1v) is 16.4. The molecule has 214 valence electrons. The minimum atomic E-state index is -0.300. The summed E-state index contributed by atoms with van der Waals surface area (Å²) in [7, 11) is 3.57. The van der Waals surface area contributed by atoms with Crippen molar-refractivity contribution in [2.75, 3.05) is 88.0 Å². The summed E-state index contributed by atoms with van der Waals surface area (Å²) in [5, 5.41) is 8.37. The fourth-order valence-electron chi connectivity index (χ4n) is 5.52. The van der Waals surface area contributed by atoms with Crippen molar-refractivity contribution in [3.8, 4) is 5.75 Å². The highest BCUT2D eigenvalue weighted by atomic mass is 35.5. The van der Waals surface area contributed by atoms with Gasteiger partial charge in [-0.25, -0.2) is 4.98 Å². The van der Waals surface area contributed by atoms with E-state index in [9.17, 15) is 0 Å².